The summed E-state index contributed by atoms with van der Waals surface area (Å²) in [7, 11) is 1.88. The van der Waals surface area contributed by atoms with Crippen molar-refractivity contribution in [2.75, 3.05) is 0 Å². The molecule has 1 aliphatic rings. The molecule has 0 spiro atoms. The fourth-order valence-corrected chi connectivity index (χ4v) is 4.61. The molecular weight excluding hydrogens is 379 g/mol. The highest BCUT2D eigenvalue weighted by molar-refractivity contribution is 7.19. The van der Waals surface area contributed by atoms with Crippen molar-refractivity contribution in [3.63, 3.8) is 0 Å². The average molecular weight is 396 g/mol. The van der Waals surface area contributed by atoms with Crippen molar-refractivity contribution in [2.45, 2.75) is 19.2 Å². The van der Waals surface area contributed by atoms with E-state index in [1.807, 2.05) is 41.9 Å². The molecule has 28 heavy (non-hydrogen) atoms. The van der Waals surface area contributed by atoms with Gasteiger partial charge >= 0.3 is 0 Å². The van der Waals surface area contributed by atoms with Crippen LogP contribution in [0.25, 0.3) is 10.3 Å². The van der Waals surface area contributed by atoms with E-state index in [1.165, 1.54) is 11.3 Å². The normalized spacial score (nSPS) is 16.1. The van der Waals surface area contributed by atoms with E-state index in [0.717, 1.165) is 38.4 Å². The van der Waals surface area contributed by atoms with Crippen LogP contribution in [0.15, 0.2) is 41.6 Å². The number of thiazole rings is 1. The first-order valence-corrected chi connectivity index (χ1v) is 9.62. The number of aromatic amines is 1. The van der Waals surface area contributed by atoms with Gasteiger partial charge in [0.15, 0.2) is 17.7 Å². The van der Waals surface area contributed by atoms with Gasteiger partial charge in [0.25, 0.3) is 0 Å². The van der Waals surface area contributed by atoms with Crippen LogP contribution < -0.4 is 0 Å². The van der Waals surface area contributed by atoms with Gasteiger partial charge in [-0.15, -0.1) is 11.3 Å². The smallest absolute Gasteiger partial charge is 0.184 e. The number of benzene rings is 1. The number of rotatable bonds is 4. The lowest BCUT2D eigenvalue weighted by Gasteiger charge is -2.29. The van der Waals surface area contributed by atoms with Gasteiger partial charge in [0.05, 0.1) is 35.0 Å². The topological polar surface area (TPSA) is 82.3 Å². The van der Waals surface area contributed by atoms with Gasteiger partial charge in [0.2, 0.25) is 0 Å². The molecule has 7 nitrogen and oxygen atoms in total. The summed E-state index contributed by atoms with van der Waals surface area (Å²) in [6, 6.07) is 9.90. The highest BCUT2D eigenvalue weighted by Gasteiger charge is 2.30. The second-order valence-electron chi connectivity index (χ2n) is 6.69. The molecule has 3 aromatic heterocycles. The zero-order chi connectivity index (χ0) is 19.3. The highest BCUT2D eigenvalue weighted by Crippen LogP contribution is 2.37. The van der Waals surface area contributed by atoms with E-state index in [-0.39, 0.29) is 5.82 Å². The zero-order valence-electron chi connectivity index (χ0n) is 15.0. The number of fused-ring (bicyclic) bond motifs is 3. The number of aliphatic hydroxyl groups is 1. The maximum Gasteiger partial charge on any atom is 0.184 e. The summed E-state index contributed by atoms with van der Waals surface area (Å²) in [5.74, 6) is -0.366. The summed E-state index contributed by atoms with van der Waals surface area (Å²) >= 11 is 1.48. The third kappa shape index (κ3) is 2.71. The van der Waals surface area contributed by atoms with Gasteiger partial charge in [-0.3, -0.25) is 10.1 Å². The molecular formula is C19H17FN6OS. The van der Waals surface area contributed by atoms with Gasteiger partial charge in [-0.2, -0.15) is 10.2 Å². The quantitative estimate of drug-likeness (QED) is 0.556. The van der Waals surface area contributed by atoms with E-state index in [0.29, 0.717) is 18.7 Å². The maximum absolute atomic E-state index is 13.7. The van der Waals surface area contributed by atoms with Crippen molar-refractivity contribution >= 4 is 27.9 Å². The van der Waals surface area contributed by atoms with Crippen LogP contribution >= 0.6 is 11.3 Å². The van der Waals surface area contributed by atoms with E-state index in [9.17, 15) is 9.50 Å². The summed E-state index contributed by atoms with van der Waals surface area (Å²) in [4.78, 5) is 4.65. The zero-order valence-corrected chi connectivity index (χ0v) is 15.8. The molecule has 4 aromatic rings. The first-order chi connectivity index (χ1) is 13.6. The Balaban J connectivity index is 1.48. The second kappa shape index (κ2) is 6.54. The molecule has 2 N–H and O–H groups in total. The van der Waals surface area contributed by atoms with Crippen molar-refractivity contribution in [1.82, 2.24) is 24.8 Å². The molecule has 0 saturated carbocycles. The SMILES string of the molecule is Cn1c2c(c3sc(Cc4[nH]ncc4F)nc31)C=NN(Cc1ccccc1)C2O. The van der Waals surface area contributed by atoms with Crippen LogP contribution in [0.5, 0.6) is 0 Å². The number of nitrogens with one attached hydrogen (secondary N) is 1. The molecule has 0 saturated heterocycles. The van der Waals surface area contributed by atoms with Crippen LogP contribution in [0.1, 0.15) is 33.8 Å². The minimum absolute atomic E-state index is 0.347. The summed E-state index contributed by atoms with van der Waals surface area (Å²) in [5, 5.41) is 24.2. The van der Waals surface area contributed by atoms with Crippen LogP contribution in [0, 0.1) is 5.82 Å². The Bertz CT molecular complexity index is 1180. The van der Waals surface area contributed by atoms with E-state index in [1.54, 1.807) is 11.2 Å². The fourth-order valence-electron chi connectivity index (χ4n) is 3.49. The van der Waals surface area contributed by atoms with Gasteiger partial charge in [0, 0.05) is 19.0 Å². The van der Waals surface area contributed by atoms with E-state index in [2.05, 4.69) is 20.3 Å². The number of nitrogens with zero attached hydrogens (tertiary/aromatic N) is 5. The largest absolute Gasteiger partial charge is 0.367 e. The molecule has 0 fully saturated rings. The molecule has 5 rings (SSSR count). The summed E-state index contributed by atoms with van der Waals surface area (Å²) < 4.78 is 16.5. The minimum atomic E-state index is -0.861. The molecule has 4 heterocycles. The molecule has 0 aliphatic carbocycles. The lowest BCUT2D eigenvalue weighted by Crippen LogP contribution is -2.28. The lowest BCUT2D eigenvalue weighted by atomic mass is 10.1. The van der Waals surface area contributed by atoms with Gasteiger partial charge in [-0.05, 0) is 5.56 Å². The number of halogens is 1. The van der Waals surface area contributed by atoms with Crippen LogP contribution in [0.2, 0.25) is 0 Å². The lowest BCUT2D eigenvalue weighted by molar-refractivity contribution is -0.00998. The molecule has 1 aromatic carbocycles. The fraction of sp³-hybridized carbons (Fsp3) is 0.211. The van der Waals surface area contributed by atoms with Crippen molar-refractivity contribution < 1.29 is 9.50 Å². The predicted octanol–water partition coefficient (Wildman–Crippen LogP) is 2.93. The number of hydrazone groups is 1. The molecule has 142 valence electrons. The first-order valence-electron chi connectivity index (χ1n) is 8.80. The van der Waals surface area contributed by atoms with Crippen molar-refractivity contribution in [3.8, 4) is 0 Å². The Morgan fingerprint density at radius 2 is 2.11 bits per heavy atom. The molecule has 0 amide bonds. The van der Waals surface area contributed by atoms with Crippen molar-refractivity contribution in [2.24, 2.45) is 12.1 Å². The van der Waals surface area contributed by atoms with E-state index in [4.69, 9.17) is 0 Å². The van der Waals surface area contributed by atoms with E-state index < -0.39 is 6.23 Å². The Kier molecular flexibility index (Phi) is 3.99. The summed E-state index contributed by atoms with van der Waals surface area (Å²) in [6.07, 6.45) is 2.42. The third-order valence-corrected chi connectivity index (χ3v) is 5.97. The number of aliphatic hydroxyl groups excluding tert-OH is 1. The number of hydrogen-bond donors (Lipinski definition) is 2. The Labute approximate surface area is 163 Å². The molecule has 1 aliphatic heterocycles. The number of aromatic nitrogens is 4. The van der Waals surface area contributed by atoms with Crippen LogP contribution in [0.4, 0.5) is 4.39 Å². The monoisotopic (exact) mass is 396 g/mol. The molecule has 9 heteroatoms. The average Bonchev–Trinajstić information content (AvgIpc) is 3.36. The summed E-state index contributed by atoms with van der Waals surface area (Å²) in [5.41, 5.74) is 3.87. The molecule has 0 radical (unpaired) electrons. The number of aryl methyl sites for hydroxylation is 1. The van der Waals surface area contributed by atoms with Crippen LogP contribution in [0.3, 0.4) is 0 Å². The van der Waals surface area contributed by atoms with Crippen molar-refractivity contribution in [3.05, 3.63) is 69.9 Å². The third-order valence-electron chi connectivity index (χ3n) is 4.90. The second-order valence-corrected chi connectivity index (χ2v) is 7.78. The highest BCUT2D eigenvalue weighted by atomic mass is 32.1. The maximum atomic E-state index is 13.7. The van der Waals surface area contributed by atoms with Gasteiger partial charge < -0.3 is 9.67 Å². The molecule has 0 bridgehead atoms. The van der Waals surface area contributed by atoms with E-state index >= 15 is 0 Å². The van der Waals surface area contributed by atoms with Gasteiger partial charge in [-0.25, -0.2) is 9.37 Å². The molecule has 1 unspecified atom stereocenters. The van der Waals surface area contributed by atoms with Gasteiger partial charge in [0.1, 0.15) is 5.01 Å². The predicted molar refractivity (Wildman–Crippen MR) is 104 cm³/mol. The first kappa shape index (κ1) is 17.1. The summed E-state index contributed by atoms with van der Waals surface area (Å²) in [6.45, 7) is 0.508. The Morgan fingerprint density at radius 3 is 2.86 bits per heavy atom. The van der Waals surface area contributed by atoms with Crippen LogP contribution in [-0.4, -0.2) is 36.1 Å². The molecule has 1 atom stereocenters. The Morgan fingerprint density at radius 1 is 1.29 bits per heavy atom. The van der Waals surface area contributed by atoms with Crippen LogP contribution in [-0.2, 0) is 20.0 Å². The van der Waals surface area contributed by atoms with Crippen molar-refractivity contribution in [1.29, 1.82) is 0 Å². The minimum Gasteiger partial charge on any atom is -0.367 e. The Hall–Kier alpha value is -3.04. The van der Waals surface area contributed by atoms with Gasteiger partial charge in [-0.1, -0.05) is 30.3 Å². The number of hydrogen-bond acceptors (Lipinski definition) is 6. The standard InChI is InChI=1S/C19H17FN6OS/c1-25-16-12(8-22-26(19(16)27)10-11-5-3-2-4-6-11)17-18(25)23-15(28-17)7-14-13(20)9-21-24-14/h2-6,8-9,19,27H,7,10H2,1H3,(H,21,24). The number of H-pyrrole nitrogens is 1.